The van der Waals surface area contributed by atoms with E-state index in [1.807, 2.05) is 26.0 Å². The number of nitrogens with zero attached hydrogens (tertiary/aromatic N) is 2. The molecule has 2 rings (SSSR count). The summed E-state index contributed by atoms with van der Waals surface area (Å²) in [4.78, 5) is 9.93. The van der Waals surface area contributed by atoms with E-state index in [1.165, 1.54) is 11.1 Å². The molecule has 0 heterocycles. The van der Waals surface area contributed by atoms with Gasteiger partial charge in [0.2, 0.25) is 0 Å². The maximum atomic E-state index is 4.97. The molecule has 2 heteroatoms. The van der Waals surface area contributed by atoms with Crippen molar-refractivity contribution in [2.75, 3.05) is 0 Å². The second kappa shape index (κ2) is 9.45. The summed E-state index contributed by atoms with van der Waals surface area (Å²) in [5.74, 6) is 0.774. The second-order valence-corrected chi connectivity index (χ2v) is 7.68. The van der Waals surface area contributed by atoms with E-state index in [0.717, 1.165) is 33.9 Å². The summed E-state index contributed by atoms with van der Waals surface area (Å²) in [5, 5.41) is 0. The summed E-state index contributed by atoms with van der Waals surface area (Å²) in [6, 6.07) is 12.5. The SMILES string of the molecule is C=Cc1cccc(C(C)C)c1N=C(C)C(C)=Nc1c(C=C)cccc1C(C)C. The summed E-state index contributed by atoms with van der Waals surface area (Å²) in [6.45, 7) is 20.7. The molecule has 0 spiro atoms. The van der Waals surface area contributed by atoms with E-state index in [4.69, 9.17) is 9.98 Å². The average molecular weight is 373 g/mol. The Morgan fingerprint density at radius 2 is 1.07 bits per heavy atom. The third-order valence-electron chi connectivity index (χ3n) is 4.96. The first-order chi connectivity index (χ1) is 13.3. The highest BCUT2D eigenvalue weighted by atomic mass is 14.8. The number of hydrogen-bond donors (Lipinski definition) is 0. The fourth-order valence-corrected chi connectivity index (χ4v) is 3.18. The van der Waals surface area contributed by atoms with Crippen LogP contribution in [0.1, 0.15) is 75.6 Å². The molecule has 2 aromatic carbocycles. The first-order valence-corrected chi connectivity index (χ1v) is 9.91. The molecule has 0 unspecified atom stereocenters. The minimum absolute atomic E-state index is 0.387. The lowest BCUT2D eigenvalue weighted by Gasteiger charge is -2.15. The molecule has 0 atom stereocenters. The topological polar surface area (TPSA) is 24.7 Å². The van der Waals surface area contributed by atoms with E-state index < -0.39 is 0 Å². The fraction of sp³-hybridized carbons (Fsp3) is 0.308. The smallest absolute Gasteiger partial charge is 0.0740 e. The zero-order valence-corrected chi connectivity index (χ0v) is 18.1. The van der Waals surface area contributed by atoms with E-state index in [-0.39, 0.29) is 0 Å². The summed E-state index contributed by atoms with van der Waals surface area (Å²) in [6.07, 6.45) is 3.74. The maximum Gasteiger partial charge on any atom is 0.0740 e. The molecule has 2 nitrogen and oxygen atoms in total. The highest BCUT2D eigenvalue weighted by molar-refractivity contribution is 6.41. The van der Waals surface area contributed by atoms with Crippen molar-refractivity contribution in [2.45, 2.75) is 53.4 Å². The van der Waals surface area contributed by atoms with Crippen LogP contribution in [-0.2, 0) is 0 Å². The van der Waals surface area contributed by atoms with Crippen LogP contribution >= 0.6 is 0 Å². The minimum Gasteiger partial charge on any atom is -0.251 e. The van der Waals surface area contributed by atoms with Gasteiger partial charge in [0, 0.05) is 0 Å². The Bertz CT molecular complexity index is 850. The zero-order chi connectivity index (χ0) is 20.8. The van der Waals surface area contributed by atoms with Crippen molar-refractivity contribution >= 4 is 35.0 Å². The number of para-hydroxylation sites is 2. The van der Waals surface area contributed by atoms with Gasteiger partial charge in [-0.25, -0.2) is 0 Å². The molecular weight excluding hydrogens is 340 g/mol. The van der Waals surface area contributed by atoms with Crippen molar-refractivity contribution in [1.82, 2.24) is 0 Å². The first kappa shape index (κ1) is 21.6. The quantitative estimate of drug-likeness (QED) is 0.439. The average Bonchev–Trinajstić information content (AvgIpc) is 2.67. The summed E-state index contributed by atoms with van der Waals surface area (Å²) in [5.41, 5.74) is 8.33. The fourth-order valence-electron chi connectivity index (χ4n) is 3.18. The first-order valence-electron chi connectivity index (χ1n) is 9.91. The predicted octanol–water partition coefficient (Wildman–Crippen LogP) is 8.10. The van der Waals surface area contributed by atoms with E-state index in [1.54, 1.807) is 0 Å². The van der Waals surface area contributed by atoms with Gasteiger partial charge < -0.3 is 0 Å². The predicted molar refractivity (Wildman–Crippen MR) is 127 cm³/mol. The Balaban J connectivity index is 2.59. The van der Waals surface area contributed by atoms with Crippen molar-refractivity contribution in [3.63, 3.8) is 0 Å². The largest absolute Gasteiger partial charge is 0.251 e. The van der Waals surface area contributed by atoms with Gasteiger partial charge in [-0.2, -0.15) is 0 Å². The van der Waals surface area contributed by atoms with E-state index in [0.29, 0.717) is 11.8 Å². The van der Waals surface area contributed by atoms with Gasteiger partial charge >= 0.3 is 0 Å². The lowest BCUT2D eigenvalue weighted by Crippen LogP contribution is -2.06. The molecule has 2 aromatic rings. The zero-order valence-electron chi connectivity index (χ0n) is 18.1. The van der Waals surface area contributed by atoms with E-state index >= 15 is 0 Å². The van der Waals surface area contributed by atoms with Gasteiger partial charge in [0.15, 0.2) is 0 Å². The van der Waals surface area contributed by atoms with Gasteiger partial charge in [0.1, 0.15) is 0 Å². The van der Waals surface area contributed by atoms with Gasteiger partial charge in [-0.05, 0) is 47.9 Å². The van der Waals surface area contributed by atoms with Crippen LogP contribution in [-0.4, -0.2) is 11.4 Å². The normalized spacial score (nSPS) is 12.6. The summed E-state index contributed by atoms with van der Waals surface area (Å²) >= 11 is 0. The standard InChI is InChI=1S/C26H32N2/c1-9-21-13-11-15-23(17(3)4)25(21)27-19(7)20(8)28-26-22(10-2)14-12-16-24(26)18(5)6/h9-18H,1-2H2,3-8H3. The monoisotopic (exact) mass is 372 g/mol. The van der Waals surface area contributed by atoms with Gasteiger partial charge in [0.05, 0.1) is 22.8 Å². The molecule has 28 heavy (non-hydrogen) atoms. The Labute approximate surface area is 170 Å². The number of benzene rings is 2. The molecule has 0 saturated heterocycles. The van der Waals surface area contributed by atoms with Crippen LogP contribution in [0.15, 0.2) is 59.5 Å². The van der Waals surface area contributed by atoms with Crippen molar-refractivity contribution < 1.29 is 0 Å². The molecular formula is C26H32N2. The molecule has 146 valence electrons. The van der Waals surface area contributed by atoms with Crippen molar-refractivity contribution in [3.05, 3.63) is 71.8 Å². The molecule has 0 N–H and O–H groups in total. The van der Waals surface area contributed by atoms with Crippen molar-refractivity contribution in [1.29, 1.82) is 0 Å². The Kier molecular flexibility index (Phi) is 7.28. The number of rotatable bonds is 7. The van der Waals surface area contributed by atoms with Crippen molar-refractivity contribution in [2.24, 2.45) is 9.98 Å². The molecule has 0 aliphatic carbocycles. The number of aliphatic imine (C=N–C) groups is 2. The molecule has 0 aromatic heterocycles. The minimum atomic E-state index is 0.387. The van der Waals surface area contributed by atoms with Crippen LogP contribution < -0.4 is 0 Å². The molecule has 0 aliphatic heterocycles. The van der Waals surface area contributed by atoms with Crippen LogP contribution in [0.5, 0.6) is 0 Å². The molecule has 0 aliphatic rings. The molecule has 0 bridgehead atoms. The second-order valence-electron chi connectivity index (χ2n) is 7.68. The van der Waals surface area contributed by atoms with Gasteiger partial charge in [-0.15, -0.1) is 0 Å². The highest BCUT2D eigenvalue weighted by Gasteiger charge is 2.12. The molecule has 0 radical (unpaired) electrons. The van der Waals surface area contributed by atoms with Crippen LogP contribution in [0, 0.1) is 0 Å². The third kappa shape index (κ3) is 4.75. The van der Waals surface area contributed by atoms with Crippen LogP contribution in [0.2, 0.25) is 0 Å². The third-order valence-corrected chi connectivity index (χ3v) is 4.96. The molecule has 0 saturated carbocycles. The van der Waals surface area contributed by atoms with Gasteiger partial charge in [0.25, 0.3) is 0 Å². The number of hydrogen-bond acceptors (Lipinski definition) is 2. The Morgan fingerprint density at radius 1 is 0.714 bits per heavy atom. The van der Waals surface area contributed by atoms with E-state index in [9.17, 15) is 0 Å². The van der Waals surface area contributed by atoms with Gasteiger partial charge in [-0.1, -0.05) is 89.4 Å². The Morgan fingerprint density at radius 3 is 1.36 bits per heavy atom. The molecule has 0 amide bonds. The molecule has 0 fully saturated rings. The van der Waals surface area contributed by atoms with E-state index in [2.05, 4.69) is 77.3 Å². The Hall–Kier alpha value is -2.74. The van der Waals surface area contributed by atoms with Crippen LogP contribution in [0.4, 0.5) is 11.4 Å². The van der Waals surface area contributed by atoms with Crippen LogP contribution in [0.25, 0.3) is 12.2 Å². The lowest BCUT2D eigenvalue weighted by molar-refractivity contribution is 0.866. The lowest BCUT2D eigenvalue weighted by atomic mass is 9.97. The van der Waals surface area contributed by atoms with Gasteiger partial charge in [-0.3, -0.25) is 9.98 Å². The highest BCUT2D eigenvalue weighted by Crippen LogP contribution is 2.33. The van der Waals surface area contributed by atoms with Crippen LogP contribution in [0.3, 0.4) is 0 Å². The summed E-state index contributed by atoms with van der Waals surface area (Å²) < 4.78 is 0. The maximum absolute atomic E-state index is 4.97. The summed E-state index contributed by atoms with van der Waals surface area (Å²) in [7, 11) is 0. The van der Waals surface area contributed by atoms with Crippen molar-refractivity contribution in [3.8, 4) is 0 Å².